The first kappa shape index (κ1) is 18.5. The Morgan fingerprint density at radius 2 is 1.88 bits per heavy atom. The van der Waals surface area contributed by atoms with Crippen LogP contribution in [0.5, 0.6) is 5.75 Å². The number of hydrogen-bond acceptors (Lipinski definition) is 2. The fraction of sp³-hybridized carbons (Fsp3) is 0.350. The van der Waals surface area contributed by atoms with Gasteiger partial charge in [0, 0.05) is 11.0 Å². The van der Waals surface area contributed by atoms with E-state index < -0.39 is 0 Å². The molecule has 0 spiro atoms. The number of benzene rings is 2. The van der Waals surface area contributed by atoms with Crippen molar-refractivity contribution in [2.45, 2.75) is 39.2 Å². The Kier molecular flexibility index (Phi) is 7.32. The predicted molar refractivity (Wildman–Crippen MR) is 101 cm³/mol. The van der Waals surface area contributed by atoms with Crippen molar-refractivity contribution < 1.29 is 9.53 Å². The number of hydrogen-bond donors (Lipinski definition) is 1. The van der Waals surface area contributed by atoms with Crippen LogP contribution in [-0.2, 0) is 17.6 Å². The third-order valence-corrected chi connectivity index (χ3v) is 4.01. The van der Waals surface area contributed by atoms with Crippen LogP contribution in [0.25, 0.3) is 0 Å². The molecule has 1 amide bonds. The monoisotopic (exact) mass is 389 g/mol. The highest BCUT2D eigenvalue weighted by Gasteiger charge is 2.03. The van der Waals surface area contributed by atoms with Gasteiger partial charge in [-0.05, 0) is 62.1 Å². The van der Waals surface area contributed by atoms with Gasteiger partial charge in [0.1, 0.15) is 5.75 Å². The normalized spacial score (nSPS) is 10.7. The maximum Gasteiger partial charge on any atom is 0.224 e. The fourth-order valence-electron chi connectivity index (χ4n) is 2.42. The first-order valence-corrected chi connectivity index (χ1v) is 9.09. The first-order valence-electron chi connectivity index (χ1n) is 8.29. The van der Waals surface area contributed by atoms with Crippen molar-refractivity contribution in [2.24, 2.45) is 0 Å². The van der Waals surface area contributed by atoms with E-state index in [0.717, 1.165) is 28.6 Å². The number of nitrogens with one attached hydrogen (secondary N) is 1. The molecule has 0 unspecified atom stereocenters. The molecule has 3 nitrogen and oxygen atoms in total. The van der Waals surface area contributed by atoms with Crippen LogP contribution in [0.2, 0.25) is 0 Å². The molecule has 0 fully saturated rings. The third-order valence-electron chi connectivity index (χ3n) is 3.51. The summed E-state index contributed by atoms with van der Waals surface area (Å²) >= 11 is 3.42. The Labute approximate surface area is 152 Å². The molecule has 0 bridgehead atoms. The number of carbonyl (C=O) groups excluding carboxylic acids is 1. The Morgan fingerprint density at radius 3 is 2.54 bits per heavy atom. The van der Waals surface area contributed by atoms with Crippen LogP contribution < -0.4 is 10.1 Å². The summed E-state index contributed by atoms with van der Waals surface area (Å²) in [6, 6.07) is 16.0. The van der Waals surface area contributed by atoms with E-state index in [1.165, 1.54) is 5.56 Å². The zero-order valence-electron chi connectivity index (χ0n) is 14.2. The summed E-state index contributed by atoms with van der Waals surface area (Å²) < 4.78 is 6.63. The number of rotatable bonds is 8. The number of aryl methyl sites for hydroxylation is 1. The van der Waals surface area contributed by atoms with Gasteiger partial charge in [0.15, 0.2) is 0 Å². The Morgan fingerprint density at radius 1 is 1.12 bits per heavy atom. The van der Waals surface area contributed by atoms with Crippen molar-refractivity contribution in [3.05, 3.63) is 64.1 Å². The molecule has 0 heterocycles. The quantitative estimate of drug-likeness (QED) is 0.673. The maximum absolute atomic E-state index is 11.9. The third kappa shape index (κ3) is 6.75. The first-order chi connectivity index (χ1) is 11.5. The van der Waals surface area contributed by atoms with E-state index in [2.05, 4.69) is 33.4 Å². The van der Waals surface area contributed by atoms with Gasteiger partial charge in [0.25, 0.3) is 0 Å². The molecule has 0 atom stereocenters. The van der Waals surface area contributed by atoms with Gasteiger partial charge in [0.05, 0.1) is 12.5 Å². The van der Waals surface area contributed by atoms with Gasteiger partial charge in [-0.1, -0.05) is 40.2 Å². The molecule has 0 saturated carbocycles. The van der Waals surface area contributed by atoms with E-state index in [9.17, 15) is 4.79 Å². The molecule has 0 aliphatic rings. The van der Waals surface area contributed by atoms with Crippen molar-refractivity contribution in [3.63, 3.8) is 0 Å². The molecule has 24 heavy (non-hydrogen) atoms. The van der Waals surface area contributed by atoms with E-state index in [1.807, 2.05) is 50.2 Å². The van der Waals surface area contributed by atoms with Crippen LogP contribution in [-0.4, -0.2) is 18.6 Å². The summed E-state index contributed by atoms with van der Waals surface area (Å²) in [4.78, 5) is 11.9. The van der Waals surface area contributed by atoms with E-state index in [0.29, 0.717) is 13.0 Å². The number of halogens is 1. The van der Waals surface area contributed by atoms with Gasteiger partial charge < -0.3 is 10.1 Å². The highest BCUT2D eigenvalue weighted by atomic mass is 79.9. The Hall–Kier alpha value is -1.81. The predicted octanol–water partition coefficient (Wildman–Crippen LogP) is 4.53. The Balaban J connectivity index is 1.68. The molecule has 0 aliphatic heterocycles. The average molecular weight is 390 g/mol. The summed E-state index contributed by atoms with van der Waals surface area (Å²) in [6.45, 7) is 4.73. The molecule has 2 rings (SSSR count). The summed E-state index contributed by atoms with van der Waals surface area (Å²) in [6.07, 6.45) is 2.48. The molecule has 0 saturated heterocycles. The van der Waals surface area contributed by atoms with Crippen LogP contribution in [0.4, 0.5) is 0 Å². The van der Waals surface area contributed by atoms with E-state index >= 15 is 0 Å². The lowest BCUT2D eigenvalue weighted by molar-refractivity contribution is -0.120. The van der Waals surface area contributed by atoms with Crippen LogP contribution in [0.3, 0.4) is 0 Å². The highest BCUT2D eigenvalue weighted by molar-refractivity contribution is 9.10. The number of amides is 1. The van der Waals surface area contributed by atoms with Crippen molar-refractivity contribution in [3.8, 4) is 5.75 Å². The molecule has 0 aromatic heterocycles. The second kappa shape index (κ2) is 9.48. The largest absolute Gasteiger partial charge is 0.491 e. The Bertz CT molecular complexity index is 653. The molecule has 4 heteroatoms. The summed E-state index contributed by atoms with van der Waals surface area (Å²) in [7, 11) is 0. The zero-order valence-corrected chi connectivity index (χ0v) is 15.8. The van der Waals surface area contributed by atoms with Gasteiger partial charge in [-0.25, -0.2) is 0 Å². The minimum absolute atomic E-state index is 0.0637. The zero-order chi connectivity index (χ0) is 17.4. The SMILES string of the molecule is CC(C)Oc1ccc(CCCNC(=O)Cc2cccc(Br)c2)cc1. The van der Waals surface area contributed by atoms with E-state index in [1.54, 1.807) is 0 Å². The lowest BCUT2D eigenvalue weighted by atomic mass is 10.1. The van der Waals surface area contributed by atoms with Crippen LogP contribution in [0.15, 0.2) is 53.0 Å². The van der Waals surface area contributed by atoms with Crippen molar-refractivity contribution in [1.82, 2.24) is 5.32 Å². The average Bonchev–Trinajstić information content (AvgIpc) is 2.52. The molecule has 2 aromatic rings. The van der Waals surface area contributed by atoms with Gasteiger partial charge in [-0.2, -0.15) is 0 Å². The van der Waals surface area contributed by atoms with Gasteiger partial charge in [-0.15, -0.1) is 0 Å². The molecular formula is C20H24BrNO2. The molecule has 0 radical (unpaired) electrons. The summed E-state index contributed by atoms with van der Waals surface area (Å²) in [5.74, 6) is 0.963. The number of carbonyl (C=O) groups is 1. The fourth-order valence-corrected chi connectivity index (χ4v) is 2.87. The van der Waals surface area contributed by atoms with Gasteiger partial charge in [-0.3, -0.25) is 4.79 Å². The topological polar surface area (TPSA) is 38.3 Å². The summed E-state index contributed by atoms with van der Waals surface area (Å²) in [5.41, 5.74) is 2.27. The van der Waals surface area contributed by atoms with Crippen molar-refractivity contribution in [1.29, 1.82) is 0 Å². The van der Waals surface area contributed by atoms with Crippen LogP contribution >= 0.6 is 15.9 Å². The lowest BCUT2D eigenvalue weighted by Gasteiger charge is -2.10. The van der Waals surface area contributed by atoms with Crippen molar-refractivity contribution in [2.75, 3.05) is 6.54 Å². The standard InChI is InChI=1S/C20H24BrNO2/c1-15(2)24-19-10-8-16(9-11-19)6-4-12-22-20(23)14-17-5-3-7-18(21)13-17/h3,5,7-11,13,15H,4,6,12,14H2,1-2H3,(H,22,23). The van der Waals surface area contributed by atoms with E-state index in [4.69, 9.17) is 4.74 Å². The van der Waals surface area contributed by atoms with Crippen LogP contribution in [0, 0.1) is 0 Å². The maximum atomic E-state index is 11.9. The minimum Gasteiger partial charge on any atom is -0.491 e. The molecule has 2 aromatic carbocycles. The van der Waals surface area contributed by atoms with Gasteiger partial charge in [0.2, 0.25) is 5.91 Å². The van der Waals surface area contributed by atoms with Gasteiger partial charge >= 0.3 is 0 Å². The van der Waals surface area contributed by atoms with Crippen molar-refractivity contribution >= 4 is 21.8 Å². The molecule has 128 valence electrons. The number of ether oxygens (including phenoxy) is 1. The molecule has 0 aliphatic carbocycles. The lowest BCUT2D eigenvalue weighted by Crippen LogP contribution is -2.26. The smallest absolute Gasteiger partial charge is 0.224 e. The van der Waals surface area contributed by atoms with E-state index in [-0.39, 0.29) is 12.0 Å². The molecule has 1 N–H and O–H groups in total. The summed E-state index contributed by atoms with van der Waals surface area (Å²) in [5, 5.41) is 2.98. The minimum atomic E-state index is 0.0637. The molecular weight excluding hydrogens is 366 g/mol. The second-order valence-electron chi connectivity index (χ2n) is 6.07. The van der Waals surface area contributed by atoms with Crippen LogP contribution in [0.1, 0.15) is 31.4 Å². The second-order valence-corrected chi connectivity index (χ2v) is 6.99. The highest BCUT2D eigenvalue weighted by Crippen LogP contribution is 2.15.